The number of ether oxygens (including phenoxy) is 4. The minimum Gasteiger partial charge on any atom is -0.465 e. The first-order valence-corrected chi connectivity index (χ1v) is 44.7. The second-order valence-corrected chi connectivity index (χ2v) is 34.1. The van der Waals surface area contributed by atoms with E-state index in [1.54, 1.807) is 0 Å². The van der Waals surface area contributed by atoms with Gasteiger partial charge in [-0.3, -0.25) is 19.2 Å². The Morgan fingerprint density at radius 2 is 0.535 bits per heavy atom. The third kappa shape index (κ3) is 58.4. The van der Waals surface area contributed by atoms with E-state index in [9.17, 15) is 19.2 Å². The standard InChI is InChI=1S/C67H131N3O8S8/c1-10-18-22-32-60(28-14-5)56-83-79-52-48-75-64(71)36-44-69(45-37-65(72)76-49-53-80-84-57-61(29-15-6)33-23-19-11-2)42-26-40-68(9)41-27-43-70(46-38-66(73)77-50-54-81-85-58-62(30-16-7)34-24-20-12-3)47-39-67(74)78-51-55-82-86-59-63(31-17-8)35-25-21-13-4/h60-63H,10-59H2,1-9H3. The number of carbonyl (C=O) groups is 4. The number of hydrogen-bond acceptors (Lipinski definition) is 19. The van der Waals surface area contributed by atoms with E-state index < -0.39 is 0 Å². The zero-order valence-electron chi connectivity index (χ0n) is 56.5. The highest BCUT2D eigenvalue weighted by Gasteiger charge is 2.18. The van der Waals surface area contributed by atoms with Gasteiger partial charge in [0.25, 0.3) is 0 Å². The number of rotatable bonds is 68. The maximum atomic E-state index is 13.0. The minimum absolute atomic E-state index is 0.189. The third-order valence-electron chi connectivity index (χ3n) is 15.5. The Kier molecular flexibility index (Phi) is 67.4. The molecule has 4 unspecified atom stereocenters. The fourth-order valence-electron chi connectivity index (χ4n) is 10.4. The number of nitrogens with zero attached hydrogens (tertiary/aromatic N) is 3. The van der Waals surface area contributed by atoms with Gasteiger partial charge in [0.2, 0.25) is 0 Å². The van der Waals surface area contributed by atoms with Crippen molar-refractivity contribution in [3.63, 3.8) is 0 Å². The predicted molar refractivity (Wildman–Crippen MR) is 392 cm³/mol. The lowest BCUT2D eigenvalue weighted by molar-refractivity contribution is -0.145. The molecule has 4 atom stereocenters. The van der Waals surface area contributed by atoms with Gasteiger partial charge in [0.15, 0.2) is 0 Å². The monoisotopic (exact) mass is 1360 g/mol. The average Bonchev–Trinajstić information content (AvgIpc) is 3.56. The molecule has 0 aliphatic carbocycles. The minimum atomic E-state index is -0.189. The molecule has 0 radical (unpaired) electrons. The molecule has 0 N–H and O–H groups in total. The van der Waals surface area contributed by atoms with Gasteiger partial charge in [-0.25, -0.2) is 0 Å². The van der Waals surface area contributed by atoms with Crippen molar-refractivity contribution in [1.82, 2.24) is 14.7 Å². The zero-order chi connectivity index (χ0) is 63.2. The number of unbranched alkanes of at least 4 members (excludes halogenated alkanes) is 8. The van der Waals surface area contributed by atoms with Crippen molar-refractivity contribution in [1.29, 1.82) is 0 Å². The van der Waals surface area contributed by atoms with E-state index in [0.29, 0.717) is 52.6 Å². The molecular formula is C67H131N3O8S8. The zero-order valence-corrected chi connectivity index (χ0v) is 63.1. The van der Waals surface area contributed by atoms with Gasteiger partial charge in [0, 0.05) is 72.2 Å². The first-order chi connectivity index (χ1) is 42.0. The number of esters is 4. The van der Waals surface area contributed by atoms with Crippen molar-refractivity contribution >= 4 is 110 Å². The van der Waals surface area contributed by atoms with E-state index in [0.717, 1.165) is 109 Å². The quantitative estimate of drug-likeness (QED) is 0.0249. The van der Waals surface area contributed by atoms with Crippen molar-refractivity contribution in [3.8, 4) is 0 Å². The van der Waals surface area contributed by atoms with Crippen LogP contribution in [0.4, 0.5) is 0 Å². The van der Waals surface area contributed by atoms with Gasteiger partial charge in [-0.2, -0.15) is 0 Å². The smallest absolute Gasteiger partial charge is 0.307 e. The van der Waals surface area contributed by atoms with E-state index in [-0.39, 0.29) is 49.6 Å². The molecular weight excluding hydrogens is 1230 g/mol. The summed E-state index contributed by atoms with van der Waals surface area (Å²) in [7, 11) is 17.1. The molecule has 0 aromatic rings. The molecule has 19 heteroatoms. The summed E-state index contributed by atoms with van der Waals surface area (Å²) in [5, 5.41) is 0. The summed E-state index contributed by atoms with van der Waals surface area (Å²) in [6, 6.07) is 0. The third-order valence-corrected chi connectivity index (χ3v) is 25.5. The summed E-state index contributed by atoms with van der Waals surface area (Å²) >= 11 is 0. The lowest BCUT2D eigenvalue weighted by Gasteiger charge is -2.25. The van der Waals surface area contributed by atoms with E-state index in [1.807, 2.05) is 86.4 Å². The fourth-order valence-corrected chi connectivity index (χ4v) is 19.6. The molecule has 0 aliphatic rings. The highest BCUT2D eigenvalue weighted by Crippen LogP contribution is 2.32. The van der Waals surface area contributed by atoms with Gasteiger partial charge >= 0.3 is 23.9 Å². The molecule has 0 rings (SSSR count). The average molecular weight is 1360 g/mol. The first kappa shape index (κ1) is 86.6. The maximum Gasteiger partial charge on any atom is 0.307 e. The molecule has 86 heavy (non-hydrogen) atoms. The molecule has 0 aromatic heterocycles. The highest BCUT2D eigenvalue weighted by molar-refractivity contribution is 8.77. The Labute approximate surface area is 562 Å². The summed E-state index contributed by atoms with van der Waals surface area (Å²) in [5.74, 6) is 10.1. The van der Waals surface area contributed by atoms with E-state index in [2.05, 4.69) is 77.1 Å². The van der Waals surface area contributed by atoms with Gasteiger partial charge in [-0.15, -0.1) is 0 Å². The second-order valence-electron chi connectivity index (χ2n) is 23.6. The molecule has 0 aromatic carbocycles. The van der Waals surface area contributed by atoms with Crippen molar-refractivity contribution < 1.29 is 38.1 Å². The number of hydrogen-bond donors (Lipinski definition) is 0. The van der Waals surface area contributed by atoms with Crippen LogP contribution in [0.25, 0.3) is 0 Å². The van der Waals surface area contributed by atoms with Crippen LogP contribution in [0.1, 0.15) is 248 Å². The number of carbonyl (C=O) groups excluding carboxylic acids is 4. The summed E-state index contributed by atoms with van der Waals surface area (Å²) in [6.45, 7) is 25.2. The fraction of sp³-hybridized carbons (Fsp3) is 0.940. The van der Waals surface area contributed by atoms with Crippen LogP contribution in [0, 0.1) is 23.7 Å². The van der Waals surface area contributed by atoms with Crippen molar-refractivity contribution in [2.75, 3.05) is 132 Å². The molecule has 0 spiro atoms. The van der Waals surface area contributed by atoms with Crippen LogP contribution in [0.5, 0.6) is 0 Å². The normalized spacial score (nSPS) is 13.2. The Morgan fingerprint density at radius 3 is 0.756 bits per heavy atom. The van der Waals surface area contributed by atoms with Gasteiger partial charge in [-0.05, 0) is 121 Å². The largest absolute Gasteiger partial charge is 0.465 e. The van der Waals surface area contributed by atoms with Crippen LogP contribution in [0.3, 0.4) is 0 Å². The Balaban J connectivity index is 5.41. The van der Waals surface area contributed by atoms with E-state index in [1.165, 1.54) is 154 Å². The molecule has 0 saturated carbocycles. The molecule has 0 amide bonds. The van der Waals surface area contributed by atoms with Gasteiger partial charge < -0.3 is 33.6 Å². The molecule has 0 saturated heterocycles. The van der Waals surface area contributed by atoms with Gasteiger partial charge in [0.05, 0.1) is 25.7 Å². The van der Waals surface area contributed by atoms with Gasteiger partial charge in [0.1, 0.15) is 26.4 Å². The summed E-state index contributed by atoms with van der Waals surface area (Å²) in [5.41, 5.74) is 0. The SMILES string of the molecule is CCCCCC(CCC)CSSCCOC(=O)CCN(CCCN(C)CCCN(CCC(=O)OCCSSCC(CCC)CCCCC)CCC(=O)OCCSSCC(CCC)CCCCC)CCC(=O)OCCSSCC(CCC)CCCCC. The molecule has 11 nitrogen and oxygen atoms in total. The predicted octanol–water partition coefficient (Wildman–Crippen LogP) is 19.5. The van der Waals surface area contributed by atoms with Gasteiger partial charge in [-0.1, -0.05) is 244 Å². The van der Waals surface area contributed by atoms with Crippen LogP contribution >= 0.6 is 86.4 Å². The first-order valence-electron chi connectivity index (χ1n) is 34.7. The van der Waals surface area contributed by atoms with Crippen LogP contribution in [0.2, 0.25) is 0 Å². The highest BCUT2D eigenvalue weighted by atomic mass is 33.1. The Bertz CT molecular complexity index is 1320. The van der Waals surface area contributed by atoms with Crippen molar-refractivity contribution in [2.45, 2.75) is 248 Å². The summed E-state index contributed by atoms with van der Waals surface area (Å²) < 4.78 is 22.8. The maximum absolute atomic E-state index is 13.0. The van der Waals surface area contributed by atoms with Crippen LogP contribution in [0.15, 0.2) is 0 Å². The lowest BCUT2D eigenvalue weighted by atomic mass is 9.99. The Hall–Kier alpha value is 0.560. The van der Waals surface area contributed by atoms with Crippen molar-refractivity contribution in [2.24, 2.45) is 23.7 Å². The van der Waals surface area contributed by atoms with Crippen LogP contribution < -0.4 is 0 Å². The molecule has 0 fully saturated rings. The molecule has 0 heterocycles. The molecule has 0 aliphatic heterocycles. The summed E-state index contributed by atoms with van der Waals surface area (Å²) in [4.78, 5) is 58.9. The summed E-state index contributed by atoms with van der Waals surface area (Å²) in [6.07, 6.45) is 33.7. The van der Waals surface area contributed by atoms with E-state index in [4.69, 9.17) is 18.9 Å². The molecule has 510 valence electrons. The van der Waals surface area contributed by atoms with Crippen molar-refractivity contribution in [3.05, 3.63) is 0 Å². The second kappa shape index (κ2) is 67.0. The van der Waals surface area contributed by atoms with Crippen LogP contribution in [-0.2, 0) is 38.1 Å². The lowest BCUT2D eigenvalue weighted by Crippen LogP contribution is -2.34. The van der Waals surface area contributed by atoms with Crippen LogP contribution in [-0.4, -0.2) is 170 Å². The molecule has 0 bridgehead atoms. The Morgan fingerprint density at radius 1 is 0.291 bits per heavy atom. The topological polar surface area (TPSA) is 115 Å². The van der Waals surface area contributed by atoms with E-state index >= 15 is 0 Å².